The molecule has 0 amide bonds. The van der Waals surface area contributed by atoms with Gasteiger partial charge in [-0.15, -0.1) is 0 Å². The molecule has 0 saturated heterocycles. The Kier molecular flexibility index (Phi) is 6.47. The van der Waals surface area contributed by atoms with Gasteiger partial charge < -0.3 is 15.2 Å². The number of benzene rings is 1. The van der Waals surface area contributed by atoms with E-state index in [-0.39, 0.29) is 12.8 Å². The van der Waals surface area contributed by atoms with Crippen molar-refractivity contribution in [1.29, 1.82) is 0 Å². The lowest BCUT2D eigenvalue weighted by Crippen LogP contribution is -2.54. The fourth-order valence-corrected chi connectivity index (χ4v) is 4.63. The maximum atomic E-state index is 14.9. The molecule has 0 bridgehead atoms. The second-order valence-corrected chi connectivity index (χ2v) is 10.6. The van der Waals surface area contributed by atoms with E-state index in [9.17, 15) is 17.9 Å². The van der Waals surface area contributed by atoms with Crippen molar-refractivity contribution in [2.75, 3.05) is 6.26 Å². The summed E-state index contributed by atoms with van der Waals surface area (Å²) in [7, 11) is -3.76. The number of nitrogens with one attached hydrogen (secondary N) is 1. The first-order valence-corrected chi connectivity index (χ1v) is 11.6. The van der Waals surface area contributed by atoms with E-state index < -0.39 is 32.7 Å². The molecule has 0 radical (unpaired) electrons. The monoisotopic (exact) mass is 451 g/mol. The third-order valence-corrected chi connectivity index (χ3v) is 7.69. The highest BCUT2D eigenvalue weighted by atomic mass is 32.2. The Morgan fingerprint density at radius 3 is 2.45 bits per heavy atom. The molecule has 2 heterocycles. The second-order valence-electron chi connectivity index (χ2n) is 8.12. The standard InChI is InChI=1S/C21H26FN3O5S/c1-12-7-15(8-13(2)23-12)17-6-5-14(9-18(17)22)19-10-16(30-25-19)11-21(3,20(26)24-27)31(4,28)29/h5-9,16,20,24,26-27H,10-11H2,1-4H3/t16-,20?,21-/m1/s1. The van der Waals surface area contributed by atoms with Crippen molar-refractivity contribution in [3.05, 3.63) is 53.1 Å². The number of hydroxylamine groups is 1. The van der Waals surface area contributed by atoms with Crippen molar-refractivity contribution in [2.45, 2.75) is 50.7 Å². The van der Waals surface area contributed by atoms with Gasteiger partial charge in [0.25, 0.3) is 0 Å². The summed E-state index contributed by atoms with van der Waals surface area (Å²) in [5.74, 6) is -0.422. The minimum Gasteiger partial charge on any atom is -0.392 e. The maximum Gasteiger partial charge on any atom is 0.156 e. The normalized spacial score (nSPS) is 19.5. The second kappa shape index (κ2) is 8.62. The van der Waals surface area contributed by atoms with E-state index in [0.29, 0.717) is 16.8 Å². The fraction of sp³-hybridized carbons (Fsp3) is 0.429. The van der Waals surface area contributed by atoms with Crippen LogP contribution < -0.4 is 5.48 Å². The zero-order valence-electron chi connectivity index (χ0n) is 17.8. The number of pyridine rings is 1. The van der Waals surface area contributed by atoms with Crippen LogP contribution in [-0.2, 0) is 14.7 Å². The van der Waals surface area contributed by atoms with Crippen LogP contribution in [0.2, 0.25) is 0 Å². The van der Waals surface area contributed by atoms with E-state index in [4.69, 9.17) is 10.0 Å². The minimum absolute atomic E-state index is 0.121. The lowest BCUT2D eigenvalue weighted by Gasteiger charge is -2.32. The van der Waals surface area contributed by atoms with E-state index in [2.05, 4.69) is 10.1 Å². The lowest BCUT2D eigenvalue weighted by atomic mass is 9.95. The Labute approximate surface area is 180 Å². The number of oxime groups is 1. The summed E-state index contributed by atoms with van der Waals surface area (Å²) in [6.45, 7) is 5.01. The largest absolute Gasteiger partial charge is 0.392 e. The quantitative estimate of drug-likeness (QED) is 0.437. The van der Waals surface area contributed by atoms with Crippen LogP contribution >= 0.6 is 0 Å². The number of rotatable bonds is 7. The summed E-state index contributed by atoms with van der Waals surface area (Å²) in [5, 5.41) is 23.0. The van der Waals surface area contributed by atoms with Crippen LogP contribution in [-0.4, -0.2) is 52.8 Å². The zero-order valence-corrected chi connectivity index (χ0v) is 18.6. The Morgan fingerprint density at radius 2 is 1.90 bits per heavy atom. The molecule has 3 atom stereocenters. The third-order valence-electron chi connectivity index (χ3n) is 5.61. The molecule has 0 spiro atoms. The summed E-state index contributed by atoms with van der Waals surface area (Å²) >= 11 is 0. The molecule has 1 unspecified atom stereocenters. The molecule has 0 aliphatic carbocycles. The van der Waals surface area contributed by atoms with Gasteiger partial charge in [0.15, 0.2) is 9.84 Å². The van der Waals surface area contributed by atoms with Gasteiger partial charge in [-0.1, -0.05) is 17.3 Å². The first-order chi connectivity index (χ1) is 14.4. The Hall–Kier alpha value is -2.40. The van der Waals surface area contributed by atoms with Gasteiger partial charge in [-0.05, 0) is 44.5 Å². The highest BCUT2D eigenvalue weighted by Gasteiger charge is 2.46. The fourth-order valence-electron chi connectivity index (χ4n) is 3.68. The molecule has 2 aromatic rings. The van der Waals surface area contributed by atoms with Crippen molar-refractivity contribution in [3.8, 4) is 11.1 Å². The number of hydrogen-bond acceptors (Lipinski definition) is 8. The zero-order chi connectivity index (χ0) is 23.0. The van der Waals surface area contributed by atoms with E-state index >= 15 is 0 Å². The number of halogens is 1. The molecule has 1 aromatic heterocycles. The van der Waals surface area contributed by atoms with Gasteiger partial charge >= 0.3 is 0 Å². The summed E-state index contributed by atoms with van der Waals surface area (Å²) < 4.78 is 37.6. The van der Waals surface area contributed by atoms with Crippen LogP contribution in [0.15, 0.2) is 35.5 Å². The molecule has 8 nitrogen and oxygen atoms in total. The molecule has 3 N–H and O–H groups in total. The predicted octanol–water partition coefficient (Wildman–Crippen LogP) is 2.49. The molecule has 168 valence electrons. The van der Waals surface area contributed by atoms with Crippen LogP contribution in [0, 0.1) is 19.7 Å². The topological polar surface area (TPSA) is 121 Å². The number of aliphatic hydroxyl groups is 1. The molecular formula is C21H26FN3O5S. The summed E-state index contributed by atoms with van der Waals surface area (Å²) in [6.07, 6.45) is -1.29. The van der Waals surface area contributed by atoms with Crippen molar-refractivity contribution < 1.29 is 28.0 Å². The smallest absolute Gasteiger partial charge is 0.156 e. The van der Waals surface area contributed by atoms with Gasteiger partial charge in [0, 0.05) is 41.6 Å². The van der Waals surface area contributed by atoms with Gasteiger partial charge in [0.05, 0.1) is 5.71 Å². The highest BCUT2D eigenvalue weighted by molar-refractivity contribution is 7.92. The Balaban J connectivity index is 1.79. The van der Waals surface area contributed by atoms with Crippen molar-refractivity contribution in [1.82, 2.24) is 10.5 Å². The summed E-state index contributed by atoms with van der Waals surface area (Å²) in [4.78, 5) is 9.67. The van der Waals surface area contributed by atoms with E-state index in [0.717, 1.165) is 23.2 Å². The number of nitrogens with zero attached hydrogens (tertiary/aromatic N) is 2. The van der Waals surface area contributed by atoms with E-state index in [1.807, 2.05) is 26.0 Å². The number of aliphatic hydroxyl groups excluding tert-OH is 1. The molecule has 1 aromatic carbocycles. The van der Waals surface area contributed by atoms with Gasteiger partial charge in [-0.2, -0.15) is 5.48 Å². The van der Waals surface area contributed by atoms with Crippen LogP contribution in [0.3, 0.4) is 0 Å². The van der Waals surface area contributed by atoms with Gasteiger partial charge in [0.2, 0.25) is 0 Å². The molecule has 3 rings (SSSR count). The molecule has 1 aliphatic heterocycles. The molecule has 0 saturated carbocycles. The first-order valence-electron chi connectivity index (χ1n) is 9.70. The minimum atomic E-state index is -3.76. The van der Waals surface area contributed by atoms with Crippen LogP contribution in [0.1, 0.15) is 36.7 Å². The number of aromatic nitrogens is 1. The Bertz CT molecular complexity index is 1100. The SMILES string of the molecule is Cc1cc(-c2ccc(C3=NO[C@@H](C[C@](C)(C(O)NO)S(C)(=O)=O)C3)cc2F)cc(C)n1. The molecule has 1 aliphatic rings. The average Bonchev–Trinajstić information content (AvgIpc) is 3.13. The third kappa shape index (κ3) is 4.77. The first kappa shape index (κ1) is 23.3. The van der Waals surface area contributed by atoms with Crippen LogP contribution in [0.25, 0.3) is 11.1 Å². The van der Waals surface area contributed by atoms with Gasteiger partial charge in [0.1, 0.15) is 22.9 Å². The van der Waals surface area contributed by atoms with Gasteiger partial charge in [-0.25, -0.2) is 12.8 Å². The molecule has 31 heavy (non-hydrogen) atoms. The van der Waals surface area contributed by atoms with Crippen LogP contribution in [0.4, 0.5) is 4.39 Å². The van der Waals surface area contributed by atoms with Crippen molar-refractivity contribution in [2.24, 2.45) is 5.16 Å². The maximum absolute atomic E-state index is 14.9. The highest BCUT2D eigenvalue weighted by Crippen LogP contribution is 2.32. The molecular weight excluding hydrogens is 425 g/mol. The lowest BCUT2D eigenvalue weighted by molar-refractivity contribution is -0.0355. The Morgan fingerprint density at radius 1 is 1.26 bits per heavy atom. The summed E-state index contributed by atoms with van der Waals surface area (Å²) in [5.41, 5.74) is 5.35. The number of aryl methyl sites for hydroxylation is 2. The molecule has 10 heteroatoms. The average molecular weight is 452 g/mol. The number of hydrogen-bond donors (Lipinski definition) is 3. The number of sulfone groups is 1. The van der Waals surface area contributed by atoms with Crippen LogP contribution in [0.5, 0.6) is 0 Å². The summed E-state index contributed by atoms with van der Waals surface area (Å²) in [6, 6.07) is 8.38. The van der Waals surface area contributed by atoms with E-state index in [1.54, 1.807) is 17.6 Å². The predicted molar refractivity (Wildman–Crippen MR) is 114 cm³/mol. The molecule has 0 fully saturated rings. The van der Waals surface area contributed by atoms with Crippen molar-refractivity contribution >= 4 is 15.5 Å². The van der Waals surface area contributed by atoms with E-state index in [1.165, 1.54) is 13.0 Å². The van der Waals surface area contributed by atoms with Gasteiger partial charge in [-0.3, -0.25) is 4.98 Å². The van der Waals surface area contributed by atoms with Crippen molar-refractivity contribution in [3.63, 3.8) is 0 Å².